The number of hydrogen-bond acceptors (Lipinski definition) is 3. The van der Waals surface area contributed by atoms with Gasteiger partial charge in [-0.25, -0.2) is 18.6 Å². The number of H-pyrrole nitrogens is 2. The number of hydrogen-bond donors (Lipinski definition) is 2. The molecule has 0 aliphatic rings. The van der Waals surface area contributed by atoms with E-state index in [0.717, 1.165) is 12.1 Å². The number of ether oxygens (including phenoxy) is 1. The van der Waals surface area contributed by atoms with Crippen LogP contribution < -0.4 is 10.4 Å². The predicted molar refractivity (Wildman–Crippen MR) is 63.1 cm³/mol. The molecule has 0 saturated heterocycles. The molecule has 0 bridgehead atoms. The average molecular weight is 281 g/mol. The predicted octanol–water partition coefficient (Wildman–Crippen LogP) is 2.46. The molecule has 0 radical (unpaired) electrons. The van der Waals surface area contributed by atoms with E-state index in [1.165, 1.54) is 12.3 Å². The Bertz CT molecular complexity index is 857. The van der Waals surface area contributed by atoms with Gasteiger partial charge in [-0.3, -0.25) is 4.98 Å². The summed E-state index contributed by atoms with van der Waals surface area (Å²) in [6, 6.07) is 3.05. The van der Waals surface area contributed by atoms with Crippen LogP contribution in [0.15, 0.2) is 29.2 Å². The molecular formula is C12H6F3N3O2. The van der Waals surface area contributed by atoms with Gasteiger partial charge in [-0.1, -0.05) is 0 Å². The molecule has 8 heteroatoms. The highest BCUT2D eigenvalue weighted by Gasteiger charge is 2.16. The van der Waals surface area contributed by atoms with Crippen molar-refractivity contribution in [2.24, 2.45) is 0 Å². The van der Waals surface area contributed by atoms with Gasteiger partial charge in [0.1, 0.15) is 5.52 Å². The monoisotopic (exact) mass is 281 g/mol. The minimum absolute atomic E-state index is 0.0539. The fraction of sp³-hybridized carbons (Fsp3) is 0. The molecule has 5 nitrogen and oxygen atoms in total. The number of fused-ring (bicyclic) bond motifs is 1. The summed E-state index contributed by atoms with van der Waals surface area (Å²) < 4.78 is 44.6. The third-order valence-corrected chi connectivity index (χ3v) is 2.60. The average Bonchev–Trinajstić information content (AvgIpc) is 2.81. The maximum Gasteiger partial charge on any atom is 0.325 e. The first-order valence-electron chi connectivity index (χ1n) is 5.44. The Morgan fingerprint density at radius 3 is 2.60 bits per heavy atom. The van der Waals surface area contributed by atoms with E-state index in [9.17, 15) is 18.0 Å². The summed E-state index contributed by atoms with van der Waals surface area (Å²) in [5, 5.41) is 0. The third kappa shape index (κ3) is 1.91. The van der Waals surface area contributed by atoms with E-state index in [0.29, 0.717) is 0 Å². The Labute approximate surface area is 109 Å². The summed E-state index contributed by atoms with van der Waals surface area (Å²) in [6.07, 6.45) is 1.32. The zero-order valence-electron chi connectivity index (χ0n) is 9.71. The third-order valence-electron chi connectivity index (χ3n) is 2.60. The van der Waals surface area contributed by atoms with Gasteiger partial charge >= 0.3 is 5.69 Å². The van der Waals surface area contributed by atoms with E-state index in [1.807, 2.05) is 0 Å². The quantitative estimate of drug-likeness (QED) is 0.709. The van der Waals surface area contributed by atoms with Crippen LogP contribution in [-0.2, 0) is 0 Å². The SMILES string of the molecule is O=c1[nH]c2nccc(Oc3ccc(F)c(F)c3F)c2[nH]1. The molecule has 0 aliphatic carbocycles. The highest BCUT2D eigenvalue weighted by molar-refractivity contribution is 5.77. The van der Waals surface area contributed by atoms with Crippen molar-refractivity contribution in [3.05, 3.63) is 52.3 Å². The summed E-state index contributed by atoms with van der Waals surface area (Å²) >= 11 is 0. The highest BCUT2D eigenvalue weighted by Crippen LogP contribution is 2.29. The molecule has 0 spiro atoms. The van der Waals surface area contributed by atoms with E-state index in [4.69, 9.17) is 4.74 Å². The van der Waals surface area contributed by atoms with Crippen LogP contribution >= 0.6 is 0 Å². The first-order valence-corrected chi connectivity index (χ1v) is 5.44. The molecule has 2 aromatic heterocycles. The van der Waals surface area contributed by atoms with Crippen molar-refractivity contribution >= 4 is 11.2 Å². The van der Waals surface area contributed by atoms with E-state index in [1.54, 1.807) is 0 Å². The molecule has 0 unspecified atom stereocenters. The van der Waals surface area contributed by atoms with Gasteiger partial charge in [-0.15, -0.1) is 0 Å². The topological polar surface area (TPSA) is 70.8 Å². The van der Waals surface area contributed by atoms with Crippen LogP contribution in [0.25, 0.3) is 11.2 Å². The number of pyridine rings is 1. The number of aromatic amines is 2. The maximum atomic E-state index is 13.5. The standard InChI is InChI=1S/C12H6F3N3O2/c13-5-1-2-6(9(15)8(5)14)20-7-3-4-16-11-10(7)17-12(19)18-11/h1-4H,(H2,16,17,18,19). The van der Waals surface area contributed by atoms with Crippen molar-refractivity contribution in [2.45, 2.75) is 0 Å². The minimum Gasteiger partial charge on any atom is -0.452 e. The second-order valence-electron chi connectivity index (χ2n) is 3.89. The molecule has 102 valence electrons. The van der Waals surface area contributed by atoms with Crippen LogP contribution in [0.4, 0.5) is 13.2 Å². The summed E-state index contributed by atoms with van der Waals surface area (Å²) in [6.45, 7) is 0. The van der Waals surface area contributed by atoms with Crippen molar-refractivity contribution in [1.82, 2.24) is 15.0 Å². The highest BCUT2D eigenvalue weighted by atomic mass is 19.2. The number of rotatable bonds is 2. The number of halogens is 3. The first kappa shape index (κ1) is 12.3. The van der Waals surface area contributed by atoms with Crippen LogP contribution in [0.1, 0.15) is 0 Å². The fourth-order valence-corrected chi connectivity index (χ4v) is 1.70. The zero-order valence-corrected chi connectivity index (χ0v) is 9.71. The normalized spacial score (nSPS) is 10.9. The van der Waals surface area contributed by atoms with Crippen molar-refractivity contribution < 1.29 is 17.9 Å². The lowest BCUT2D eigenvalue weighted by molar-refractivity contribution is 0.395. The molecule has 3 rings (SSSR count). The molecule has 3 aromatic rings. The summed E-state index contributed by atoms with van der Waals surface area (Å²) in [7, 11) is 0. The van der Waals surface area contributed by atoms with Crippen LogP contribution in [0.3, 0.4) is 0 Å². The molecule has 0 atom stereocenters. The number of nitrogens with zero attached hydrogens (tertiary/aromatic N) is 1. The second kappa shape index (κ2) is 4.41. The van der Waals surface area contributed by atoms with E-state index < -0.39 is 28.9 Å². The van der Waals surface area contributed by atoms with Crippen molar-refractivity contribution in [3.8, 4) is 11.5 Å². The summed E-state index contributed by atoms with van der Waals surface area (Å²) in [4.78, 5) is 19.8. The number of aromatic nitrogens is 3. The lowest BCUT2D eigenvalue weighted by Gasteiger charge is -2.07. The van der Waals surface area contributed by atoms with Gasteiger partial charge in [0.25, 0.3) is 0 Å². The molecule has 20 heavy (non-hydrogen) atoms. The van der Waals surface area contributed by atoms with Crippen molar-refractivity contribution in [1.29, 1.82) is 0 Å². The lowest BCUT2D eigenvalue weighted by atomic mass is 10.3. The molecule has 0 fully saturated rings. The maximum absolute atomic E-state index is 13.5. The van der Waals surface area contributed by atoms with E-state index in [2.05, 4.69) is 15.0 Å². The van der Waals surface area contributed by atoms with Gasteiger partial charge in [0.2, 0.25) is 5.82 Å². The smallest absolute Gasteiger partial charge is 0.325 e. The minimum atomic E-state index is -1.63. The van der Waals surface area contributed by atoms with Crippen LogP contribution in [0, 0.1) is 17.5 Å². The first-order chi connectivity index (χ1) is 9.56. The van der Waals surface area contributed by atoms with Crippen LogP contribution in [0.2, 0.25) is 0 Å². The summed E-state index contributed by atoms with van der Waals surface area (Å²) in [5.74, 6) is -4.84. The fourth-order valence-electron chi connectivity index (χ4n) is 1.70. The second-order valence-corrected chi connectivity index (χ2v) is 3.89. The van der Waals surface area contributed by atoms with Gasteiger partial charge in [-0.2, -0.15) is 4.39 Å². The largest absolute Gasteiger partial charge is 0.452 e. The van der Waals surface area contributed by atoms with Crippen molar-refractivity contribution in [2.75, 3.05) is 0 Å². The van der Waals surface area contributed by atoms with Gasteiger partial charge < -0.3 is 9.72 Å². The molecule has 0 aliphatic heterocycles. The number of imidazole rings is 1. The van der Waals surface area contributed by atoms with Gasteiger partial charge in [0, 0.05) is 12.3 Å². The van der Waals surface area contributed by atoms with Crippen molar-refractivity contribution in [3.63, 3.8) is 0 Å². The summed E-state index contributed by atoms with van der Waals surface area (Å²) in [5.41, 5.74) is -0.119. The van der Waals surface area contributed by atoms with E-state index in [-0.39, 0.29) is 16.9 Å². The Morgan fingerprint density at radius 2 is 1.80 bits per heavy atom. The molecule has 2 heterocycles. The Kier molecular flexibility index (Phi) is 2.70. The number of nitrogens with one attached hydrogen (secondary N) is 2. The van der Waals surface area contributed by atoms with Gasteiger partial charge in [-0.05, 0) is 12.1 Å². The lowest BCUT2D eigenvalue weighted by Crippen LogP contribution is -1.99. The molecule has 1 aromatic carbocycles. The van der Waals surface area contributed by atoms with Gasteiger partial charge in [0.05, 0.1) is 0 Å². The van der Waals surface area contributed by atoms with E-state index >= 15 is 0 Å². The Hall–Kier alpha value is -2.77. The zero-order chi connectivity index (χ0) is 14.3. The number of benzene rings is 1. The van der Waals surface area contributed by atoms with Crippen LogP contribution in [-0.4, -0.2) is 15.0 Å². The molecule has 0 amide bonds. The van der Waals surface area contributed by atoms with Gasteiger partial charge in [0.15, 0.2) is 28.8 Å². The molecular weight excluding hydrogens is 275 g/mol. The Balaban J connectivity index is 2.10. The molecule has 2 N–H and O–H groups in total. The van der Waals surface area contributed by atoms with Crippen LogP contribution in [0.5, 0.6) is 11.5 Å². The Morgan fingerprint density at radius 1 is 1.00 bits per heavy atom. The molecule has 0 saturated carbocycles.